The summed E-state index contributed by atoms with van der Waals surface area (Å²) in [6.45, 7) is 5.73. The normalized spacial score (nSPS) is 11.9. The van der Waals surface area contributed by atoms with Crippen molar-refractivity contribution in [2.45, 2.75) is 123 Å². The molecule has 0 aliphatic heterocycles. The minimum absolute atomic E-state index is 0.995. The number of hydrogen-bond donors (Lipinski definition) is 0. The SMILES string of the molecule is CCCCCCCCCCCCCCCCCCc1ccccc1[N+](C)(C)CC. The van der Waals surface area contributed by atoms with Gasteiger partial charge in [0.2, 0.25) is 0 Å². The van der Waals surface area contributed by atoms with E-state index in [1.807, 2.05) is 0 Å². The molecule has 0 spiro atoms. The molecule has 1 heteroatoms. The van der Waals surface area contributed by atoms with Gasteiger partial charge >= 0.3 is 0 Å². The van der Waals surface area contributed by atoms with E-state index in [9.17, 15) is 0 Å². The van der Waals surface area contributed by atoms with Crippen molar-refractivity contribution in [3.63, 3.8) is 0 Å². The quantitative estimate of drug-likeness (QED) is 0.160. The number of unbranched alkanes of at least 4 members (excludes halogenated alkanes) is 15. The Morgan fingerprint density at radius 2 is 0.966 bits per heavy atom. The first-order chi connectivity index (χ1) is 14.1. The molecule has 0 heterocycles. The predicted molar refractivity (Wildman–Crippen MR) is 134 cm³/mol. The van der Waals surface area contributed by atoms with Gasteiger partial charge in [0.25, 0.3) is 0 Å². The molecular weight excluding hydrogens is 350 g/mol. The summed E-state index contributed by atoms with van der Waals surface area (Å²) in [6.07, 6.45) is 24.3. The summed E-state index contributed by atoms with van der Waals surface area (Å²) in [6, 6.07) is 9.07. The molecule has 0 N–H and O–H groups in total. The summed E-state index contributed by atoms with van der Waals surface area (Å²) in [7, 11) is 4.65. The highest BCUT2D eigenvalue weighted by Gasteiger charge is 2.19. The molecule has 1 aromatic rings. The summed E-state index contributed by atoms with van der Waals surface area (Å²) >= 11 is 0. The van der Waals surface area contributed by atoms with Gasteiger partial charge in [0.1, 0.15) is 5.69 Å². The lowest BCUT2D eigenvalue weighted by Crippen LogP contribution is -2.40. The second-order valence-electron chi connectivity index (χ2n) is 9.68. The van der Waals surface area contributed by atoms with Crippen LogP contribution in [0.5, 0.6) is 0 Å². The Kier molecular flexibility index (Phi) is 15.3. The molecule has 0 radical (unpaired) electrons. The van der Waals surface area contributed by atoms with Gasteiger partial charge in [0, 0.05) is 5.56 Å². The van der Waals surface area contributed by atoms with Crippen molar-refractivity contribution in [1.82, 2.24) is 4.48 Å². The van der Waals surface area contributed by atoms with Crippen LogP contribution in [0.3, 0.4) is 0 Å². The van der Waals surface area contributed by atoms with E-state index in [1.54, 1.807) is 5.56 Å². The largest absolute Gasteiger partial charge is 0.296 e. The molecule has 1 nitrogen and oxygen atoms in total. The molecule has 0 saturated heterocycles. The van der Waals surface area contributed by atoms with E-state index in [-0.39, 0.29) is 0 Å². The highest BCUT2D eigenvalue weighted by molar-refractivity contribution is 5.49. The zero-order valence-corrected chi connectivity index (χ0v) is 20.5. The summed E-state index contributed by atoms with van der Waals surface area (Å²) in [5.41, 5.74) is 3.07. The molecule has 0 aliphatic rings. The van der Waals surface area contributed by atoms with Gasteiger partial charge in [-0.3, -0.25) is 4.48 Å². The van der Waals surface area contributed by atoms with Gasteiger partial charge < -0.3 is 0 Å². The minimum atomic E-state index is 0.995. The van der Waals surface area contributed by atoms with Gasteiger partial charge in [-0.2, -0.15) is 0 Å². The van der Waals surface area contributed by atoms with Crippen molar-refractivity contribution in [3.8, 4) is 0 Å². The average molecular weight is 403 g/mol. The van der Waals surface area contributed by atoms with Crippen LogP contribution in [-0.2, 0) is 6.42 Å². The Balaban J connectivity index is 1.95. The first kappa shape index (κ1) is 26.2. The topological polar surface area (TPSA) is 0 Å². The Bertz CT molecular complexity index is 491. The molecule has 0 amide bonds. The molecule has 0 aromatic heterocycles. The van der Waals surface area contributed by atoms with E-state index < -0.39 is 0 Å². The summed E-state index contributed by atoms with van der Waals surface area (Å²) in [5, 5.41) is 0. The van der Waals surface area contributed by atoms with Gasteiger partial charge in [-0.15, -0.1) is 0 Å². The van der Waals surface area contributed by atoms with Crippen LogP contribution in [0.2, 0.25) is 0 Å². The maximum atomic E-state index is 2.34. The Labute approximate surface area is 183 Å². The van der Waals surface area contributed by atoms with Gasteiger partial charge in [0.15, 0.2) is 0 Å². The zero-order chi connectivity index (χ0) is 21.2. The van der Waals surface area contributed by atoms with Crippen molar-refractivity contribution >= 4 is 5.69 Å². The van der Waals surface area contributed by atoms with Crippen LogP contribution in [0.1, 0.15) is 122 Å². The van der Waals surface area contributed by atoms with Crippen LogP contribution in [0, 0.1) is 0 Å². The van der Waals surface area contributed by atoms with Crippen LogP contribution in [0.4, 0.5) is 5.69 Å². The van der Waals surface area contributed by atoms with E-state index in [0.29, 0.717) is 0 Å². The first-order valence-electron chi connectivity index (χ1n) is 13.0. The molecule has 168 valence electrons. The highest BCUT2D eigenvalue weighted by atomic mass is 15.3. The summed E-state index contributed by atoms with van der Waals surface area (Å²) in [5.74, 6) is 0. The van der Waals surface area contributed by atoms with Gasteiger partial charge in [-0.05, 0) is 25.8 Å². The molecule has 1 rings (SSSR count). The van der Waals surface area contributed by atoms with Crippen molar-refractivity contribution < 1.29 is 0 Å². The molecule has 29 heavy (non-hydrogen) atoms. The fraction of sp³-hybridized carbons (Fsp3) is 0.786. The fourth-order valence-corrected chi connectivity index (χ4v) is 4.35. The lowest BCUT2D eigenvalue weighted by Gasteiger charge is -2.29. The molecule has 0 aliphatic carbocycles. The summed E-state index contributed by atoms with van der Waals surface area (Å²) < 4.78 is 0.995. The van der Waals surface area contributed by atoms with Crippen LogP contribution in [-0.4, -0.2) is 20.6 Å². The van der Waals surface area contributed by atoms with Gasteiger partial charge in [-0.25, -0.2) is 0 Å². The van der Waals surface area contributed by atoms with E-state index in [0.717, 1.165) is 11.0 Å². The predicted octanol–water partition coefficient (Wildman–Crippen LogP) is 9.08. The molecule has 0 unspecified atom stereocenters. The average Bonchev–Trinajstić information content (AvgIpc) is 2.73. The third-order valence-electron chi connectivity index (χ3n) is 6.73. The van der Waals surface area contributed by atoms with Gasteiger partial charge in [-0.1, -0.05) is 121 Å². The van der Waals surface area contributed by atoms with E-state index in [1.165, 1.54) is 115 Å². The number of quaternary nitrogens is 1. The third-order valence-corrected chi connectivity index (χ3v) is 6.73. The number of para-hydroxylation sites is 1. The molecule has 0 fully saturated rings. The zero-order valence-electron chi connectivity index (χ0n) is 20.5. The maximum absolute atomic E-state index is 2.34. The monoisotopic (exact) mass is 402 g/mol. The number of rotatable bonds is 19. The molecule has 0 bridgehead atoms. The van der Waals surface area contributed by atoms with Crippen molar-refractivity contribution in [1.29, 1.82) is 0 Å². The lowest BCUT2D eigenvalue weighted by atomic mass is 10.0. The smallest absolute Gasteiger partial charge is 0.135 e. The standard InChI is InChI=1S/C28H52N/c1-5-7-8-9-10-11-12-13-14-15-16-17-18-19-20-21-24-27-25-22-23-26-28(27)29(3,4)6-2/h22-23,25-26H,5-21,24H2,1-4H3/q+1. The molecule has 0 saturated carbocycles. The number of hydrogen-bond acceptors (Lipinski definition) is 0. The molecule has 0 atom stereocenters. The van der Waals surface area contributed by atoms with Crippen molar-refractivity contribution in [3.05, 3.63) is 29.8 Å². The van der Waals surface area contributed by atoms with Crippen molar-refractivity contribution in [2.24, 2.45) is 0 Å². The van der Waals surface area contributed by atoms with Crippen LogP contribution in [0.15, 0.2) is 24.3 Å². The second-order valence-corrected chi connectivity index (χ2v) is 9.68. The first-order valence-corrected chi connectivity index (χ1v) is 13.0. The van der Waals surface area contributed by atoms with E-state index in [4.69, 9.17) is 0 Å². The fourth-order valence-electron chi connectivity index (χ4n) is 4.35. The lowest BCUT2D eigenvalue weighted by molar-refractivity contribution is 0.417. The van der Waals surface area contributed by atoms with Crippen LogP contribution < -0.4 is 4.48 Å². The summed E-state index contributed by atoms with van der Waals surface area (Å²) in [4.78, 5) is 0. The van der Waals surface area contributed by atoms with Crippen molar-refractivity contribution in [2.75, 3.05) is 20.6 Å². The van der Waals surface area contributed by atoms with Crippen LogP contribution in [0.25, 0.3) is 0 Å². The number of benzene rings is 1. The van der Waals surface area contributed by atoms with Gasteiger partial charge in [0.05, 0.1) is 20.6 Å². The van der Waals surface area contributed by atoms with Crippen LogP contribution >= 0.6 is 0 Å². The maximum Gasteiger partial charge on any atom is 0.135 e. The highest BCUT2D eigenvalue weighted by Crippen LogP contribution is 2.25. The van der Waals surface area contributed by atoms with E-state index >= 15 is 0 Å². The Hall–Kier alpha value is -0.820. The van der Waals surface area contributed by atoms with E-state index in [2.05, 4.69) is 52.2 Å². The Morgan fingerprint density at radius 3 is 1.41 bits per heavy atom. The Morgan fingerprint density at radius 1 is 0.552 bits per heavy atom. The number of nitrogens with zero attached hydrogens (tertiary/aromatic N) is 1. The number of aryl methyl sites for hydroxylation is 1. The third kappa shape index (κ3) is 12.5. The minimum Gasteiger partial charge on any atom is -0.296 e. The molecular formula is C28H52N+. The second kappa shape index (κ2) is 16.9. The molecule has 1 aromatic carbocycles.